The highest BCUT2D eigenvalue weighted by molar-refractivity contribution is 5.90. The molecule has 1 aliphatic rings. The number of aliphatic carboxylic acids is 1. The van der Waals surface area contributed by atoms with Gasteiger partial charge in [-0.2, -0.15) is 0 Å². The van der Waals surface area contributed by atoms with E-state index in [1.807, 2.05) is 20.8 Å². The van der Waals surface area contributed by atoms with Gasteiger partial charge in [0.2, 0.25) is 11.8 Å². The van der Waals surface area contributed by atoms with Crippen LogP contribution in [0.3, 0.4) is 0 Å². The van der Waals surface area contributed by atoms with Crippen molar-refractivity contribution in [3.8, 4) is 0 Å². The highest BCUT2D eigenvalue weighted by atomic mass is 16.4. The average Bonchev–Trinajstić information content (AvgIpc) is 2.78. The number of amides is 2. The molecule has 0 radical (unpaired) electrons. The Balaban J connectivity index is 2.55. The second-order valence-corrected chi connectivity index (χ2v) is 6.50. The summed E-state index contributed by atoms with van der Waals surface area (Å²) in [5.41, 5.74) is 0. The van der Waals surface area contributed by atoms with E-state index >= 15 is 0 Å². The van der Waals surface area contributed by atoms with Crippen molar-refractivity contribution in [2.24, 2.45) is 23.7 Å². The molecular weight excluding hydrogens is 272 g/mol. The fraction of sp³-hybridized carbons (Fsp3) is 0.800. The van der Waals surface area contributed by atoms with Crippen molar-refractivity contribution in [2.45, 2.75) is 46.6 Å². The summed E-state index contributed by atoms with van der Waals surface area (Å²) in [5.74, 6) is -2.15. The normalized spacial score (nSPS) is 26.4. The van der Waals surface area contributed by atoms with Gasteiger partial charge in [-0.25, -0.2) is 0 Å². The molecule has 120 valence electrons. The van der Waals surface area contributed by atoms with E-state index < -0.39 is 23.8 Å². The molecule has 1 saturated carbocycles. The monoisotopic (exact) mass is 298 g/mol. The Morgan fingerprint density at radius 3 is 2.24 bits per heavy atom. The Labute approximate surface area is 125 Å². The quantitative estimate of drug-likeness (QED) is 0.682. The van der Waals surface area contributed by atoms with Crippen LogP contribution in [0, 0.1) is 23.7 Å². The molecule has 0 bridgehead atoms. The van der Waals surface area contributed by atoms with Gasteiger partial charge in [0, 0.05) is 6.54 Å². The molecule has 6 heteroatoms. The maximum absolute atomic E-state index is 12.2. The standard InChI is InChI=1S/C15H26N2O4/c1-8(2)7-16-13(18)10(4)17-14(19)11-5-9(3)6-12(11)15(20)21/h8-12H,5-7H2,1-4H3,(H,16,18)(H,17,19)(H,20,21)/t9?,10?,11-,12+/m0/s1. The molecule has 0 aromatic rings. The van der Waals surface area contributed by atoms with Gasteiger partial charge >= 0.3 is 5.97 Å². The van der Waals surface area contributed by atoms with E-state index in [0.29, 0.717) is 25.3 Å². The molecule has 0 aromatic heterocycles. The molecule has 2 amide bonds. The predicted molar refractivity (Wildman–Crippen MR) is 78.5 cm³/mol. The summed E-state index contributed by atoms with van der Waals surface area (Å²) in [7, 11) is 0. The number of hydrogen-bond acceptors (Lipinski definition) is 3. The van der Waals surface area contributed by atoms with E-state index in [1.54, 1.807) is 6.92 Å². The SMILES string of the molecule is CC(C)CNC(=O)C(C)NC(=O)[C@H]1CC(C)C[C@H]1C(=O)O. The van der Waals surface area contributed by atoms with Crippen LogP contribution in [0.1, 0.15) is 40.5 Å². The zero-order chi connectivity index (χ0) is 16.2. The fourth-order valence-corrected chi connectivity index (χ4v) is 2.70. The summed E-state index contributed by atoms with van der Waals surface area (Å²) in [4.78, 5) is 35.2. The molecule has 2 unspecified atom stereocenters. The van der Waals surface area contributed by atoms with Gasteiger partial charge in [-0.15, -0.1) is 0 Å². The van der Waals surface area contributed by atoms with Gasteiger partial charge in [0.1, 0.15) is 6.04 Å². The minimum absolute atomic E-state index is 0.215. The van der Waals surface area contributed by atoms with Crippen LogP contribution < -0.4 is 10.6 Å². The van der Waals surface area contributed by atoms with Crippen LogP contribution in [-0.2, 0) is 14.4 Å². The number of rotatable bonds is 6. The lowest BCUT2D eigenvalue weighted by Crippen LogP contribution is -2.48. The number of carboxylic acid groups (broad SMARTS) is 1. The van der Waals surface area contributed by atoms with Crippen LogP contribution in [0.2, 0.25) is 0 Å². The Bertz CT molecular complexity index is 408. The predicted octanol–water partition coefficient (Wildman–Crippen LogP) is 1.01. The van der Waals surface area contributed by atoms with Crippen LogP contribution in [0.15, 0.2) is 0 Å². The van der Waals surface area contributed by atoms with Crippen molar-refractivity contribution in [2.75, 3.05) is 6.54 Å². The molecule has 1 aliphatic carbocycles. The van der Waals surface area contributed by atoms with Gasteiger partial charge < -0.3 is 15.7 Å². The molecule has 0 heterocycles. The lowest BCUT2D eigenvalue weighted by molar-refractivity contribution is -0.146. The van der Waals surface area contributed by atoms with E-state index in [1.165, 1.54) is 0 Å². The maximum atomic E-state index is 12.2. The van der Waals surface area contributed by atoms with Crippen molar-refractivity contribution in [1.29, 1.82) is 0 Å². The third-order valence-electron chi connectivity index (χ3n) is 3.89. The lowest BCUT2D eigenvalue weighted by atomic mass is 9.95. The summed E-state index contributed by atoms with van der Waals surface area (Å²) in [5, 5.41) is 14.6. The number of carbonyl (C=O) groups excluding carboxylic acids is 2. The third kappa shape index (κ3) is 5.02. The first-order valence-electron chi connectivity index (χ1n) is 7.53. The molecule has 0 saturated heterocycles. The number of carboxylic acids is 1. The summed E-state index contributed by atoms with van der Waals surface area (Å²) >= 11 is 0. The van der Waals surface area contributed by atoms with Gasteiger partial charge in [0.05, 0.1) is 11.8 Å². The summed E-state index contributed by atoms with van der Waals surface area (Å²) < 4.78 is 0. The first-order valence-corrected chi connectivity index (χ1v) is 7.53. The molecule has 3 N–H and O–H groups in total. The van der Waals surface area contributed by atoms with Crippen molar-refractivity contribution >= 4 is 17.8 Å². The fourth-order valence-electron chi connectivity index (χ4n) is 2.70. The average molecular weight is 298 g/mol. The maximum Gasteiger partial charge on any atom is 0.307 e. The molecule has 1 rings (SSSR count). The molecule has 6 nitrogen and oxygen atoms in total. The topological polar surface area (TPSA) is 95.5 Å². The van der Waals surface area contributed by atoms with Gasteiger partial charge in [-0.3, -0.25) is 14.4 Å². The van der Waals surface area contributed by atoms with E-state index in [2.05, 4.69) is 10.6 Å². The molecule has 21 heavy (non-hydrogen) atoms. The molecule has 0 spiro atoms. The van der Waals surface area contributed by atoms with E-state index in [-0.39, 0.29) is 17.7 Å². The molecule has 4 atom stereocenters. The van der Waals surface area contributed by atoms with Crippen LogP contribution in [-0.4, -0.2) is 35.5 Å². The first-order chi connectivity index (χ1) is 9.72. The molecular formula is C15H26N2O4. The Hall–Kier alpha value is -1.59. The van der Waals surface area contributed by atoms with Crippen LogP contribution in [0.25, 0.3) is 0 Å². The summed E-state index contributed by atoms with van der Waals surface area (Å²) in [6.07, 6.45) is 1.07. The zero-order valence-electron chi connectivity index (χ0n) is 13.2. The van der Waals surface area contributed by atoms with Crippen molar-refractivity contribution in [1.82, 2.24) is 10.6 Å². The number of carbonyl (C=O) groups is 3. The number of nitrogens with one attached hydrogen (secondary N) is 2. The highest BCUT2D eigenvalue weighted by Gasteiger charge is 2.41. The first kappa shape index (κ1) is 17.5. The van der Waals surface area contributed by atoms with Gasteiger partial charge in [0.15, 0.2) is 0 Å². The summed E-state index contributed by atoms with van der Waals surface area (Å²) in [6, 6.07) is -0.651. The third-order valence-corrected chi connectivity index (χ3v) is 3.89. The van der Waals surface area contributed by atoms with E-state index in [4.69, 9.17) is 0 Å². The van der Waals surface area contributed by atoms with Crippen molar-refractivity contribution in [3.63, 3.8) is 0 Å². The van der Waals surface area contributed by atoms with Crippen LogP contribution in [0.4, 0.5) is 0 Å². The zero-order valence-corrected chi connectivity index (χ0v) is 13.2. The minimum atomic E-state index is -0.934. The van der Waals surface area contributed by atoms with Gasteiger partial charge in [-0.1, -0.05) is 20.8 Å². The van der Waals surface area contributed by atoms with Crippen LogP contribution in [0.5, 0.6) is 0 Å². The Morgan fingerprint density at radius 1 is 1.14 bits per heavy atom. The smallest absolute Gasteiger partial charge is 0.307 e. The van der Waals surface area contributed by atoms with Crippen LogP contribution >= 0.6 is 0 Å². The lowest BCUT2D eigenvalue weighted by Gasteiger charge is -2.19. The minimum Gasteiger partial charge on any atom is -0.481 e. The summed E-state index contributed by atoms with van der Waals surface area (Å²) in [6.45, 7) is 8.09. The van der Waals surface area contributed by atoms with Crippen molar-refractivity contribution < 1.29 is 19.5 Å². The highest BCUT2D eigenvalue weighted by Crippen LogP contribution is 2.36. The molecule has 1 fully saturated rings. The van der Waals surface area contributed by atoms with Gasteiger partial charge in [-0.05, 0) is 31.6 Å². The largest absolute Gasteiger partial charge is 0.481 e. The van der Waals surface area contributed by atoms with Gasteiger partial charge in [0.25, 0.3) is 0 Å². The van der Waals surface area contributed by atoms with Crippen molar-refractivity contribution in [3.05, 3.63) is 0 Å². The van der Waals surface area contributed by atoms with E-state index in [9.17, 15) is 19.5 Å². The Morgan fingerprint density at radius 2 is 1.71 bits per heavy atom. The Kier molecular flexibility index (Phi) is 6.18. The molecule has 0 aromatic carbocycles. The second kappa shape index (κ2) is 7.43. The number of hydrogen-bond donors (Lipinski definition) is 3. The second-order valence-electron chi connectivity index (χ2n) is 6.50. The van der Waals surface area contributed by atoms with E-state index in [0.717, 1.165) is 0 Å². The molecule has 0 aliphatic heterocycles.